The van der Waals surface area contributed by atoms with Crippen LogP contribution in [0.3, 0.4) is 0 Å². The van der Waals surface area contributed by atoms with Crippen LogP contribution in [-0.2, 0) is 0 Å². The summed E-state index contributed by atoms with van der Waals surface area (Å²) in [6.45, 7) is 8.19. The van der Waals surface area contributed by atoms with E-state index in [0.29, 0.717) is 6.04 Å². The number of aryl methyl sites for hydroxylation is 1. The van der Waals surface area contributed by atoms with E-state index in [4.69, 9.17) is 0 Å². The SMILES string of the molecule is Cc1ccsc1C(=O)N1CCN(C[C@@H]2CCCCN2C)CC1. The zero-order chi connectivity index (χ0) is 15.5. The van der Waals surface area contributed by atoms with Gasteiger partial charge in [-0.3, -0.25) is 9.69 Å². The van der Waals surface area contributed by atoms with Gasteiger partial charge < -0.3 is 9.80 Å². The predicted molar refractivity (Wildman–Crippen MR) is 91.7 cm³/mol. The minimum Gasteiger partial charge on any atom is -0.335 e. The number of amides is 1. The Morgan fingerprint density at radius 3 is 2.64 bits per heavy atom. The number of piperazine rings is 1. The first kappa shape index (κ1) is 16.0. The normalized spacial score (nSPS) is 24.6. The number of carbonyl (C=O) groups is 1. The summed E-state index contributed by atoms with van der Waals surface area (Å²) in [5.74, 6) is 0.224. The highest BCUT2D eigenvalue weighted by atomic mass is 32.1. The van der Waals surface area contributed by atoms with Gasteiger partial charge >= 0.3 is 0 Å². The molecule has 1 amide bonds. The summed E-state index contributed by atoms with van der Waals surface area (Å²) in [4.78, 5) is 20.5. The number of piperidine rings is 1. The lowest BCUT2D eigenvalue weighted by molar-refractivity contribution is 0.0568. The Labute approximate surface area is 137 Å². The second-order valence-electron chi connectivity index (χ2n) is 6.66. The van der Waals surface area contributed by atoms with Gasteiger partial charge in [0.15, 0.2) is 0 Å². The molecule has 3 rings (SSSR count). The van der Waals surface area contributed by atoms with Gasteiger partial charge in [0.2, 0.25) is 0 Å². The van der Waals surface area contributed by atoms with Gasteiger partial charge in [-0.25, -0.2) is 0 Å². The van der Waals surface area contributed by atoms with E-state index in [1.165, 1.54) is 25.8 Å². The highest BCUT2D eigenvalue weighted by molar-refractivity contribution is 7.12. The number of rotatable bonds is 3. The average Bonchev–Trinajstić information content (AvgIpc) is 2.96. The van der Waals surface area contributed by atoms with Crippen molar-refractivity contribution < 1.29 is 4.79 Å². The van der Waals surface area contributed by atoms with Gasteiger partial charge in [0, 0.05) is 38.8 Å². The first-order chi connectivity index (χ1) is 10.6. The van der Waals surface area contributed by atoms with E-state index in [9.17, 15) is 4.79 Å². The number of carbonyl (C=O) groups excluding carboxylic acids is 1. The van der Waals surface area contributed by atoms with Gasteiger partial charge in [-0.05, 0) is 50.4 Å². The molecule has 0 aliphatic carbocycles. The Morgan fingerprint density at radius 1 is 1.23 bits per heavy atom. The van der Waals surface area contributed by atoms with Crippen molar-refractivity contribution in [2.75, 3.05) is 46.3 Å². The second-order valence-corrected chi connectivity index (χ2v) is 7.57. The average molecular weight is 321 g/mol. The molecule has 2 saturated heterocycles. The molecule has 1 aromatic heterocycles. The van der Waals surface area contributed by atoms with Crippen LogP contribution >= 0.6 is 11.3 Å². The highest BCUT2D eigenvalue weighted by Gasteiger charge is 2.27. The van der Waals surface area contributed by atoms with Crippen molar-refractivity contribution in [3.8, 4) is 0 Å². The molecule has 0 N–H and O–H groups in total. The Bertz CT molecular complexity index is 508. The van der Waals surface area contributed by atoms with E-state index in [1.807, 2.05) is 23.3 Å². The summed E-state index contributed by atoms with van der Waals surface area (Å²) in [6, 6.07) is 2.74. The second kappa shape index (κ2) is 7.11. The van der Waals surface area contributed by atoms with Crippen LogP contribution in [0.5, 0.6) is 0 Å². The van der Waals surface area contributed by atoms with Gasteiger partial charge in [-0.1, -0.05) is 6.42 Å². The zero-order valence-electron chi connectivity index (χ0n) is 13.8. The zero-order valence-corrected chi connectivity index (χ0v) is 14.6. The molecule has 22 heavy (non-hydrogen) atoms. The van der Waals surface area contributed by atoms with Gasteiger partial charge in [-0.15, -0.1) is 11.3 Å². The standard InChI is InChI=1S/C17H27N3OS/c1-14-6-12-22-16(14)17(21)20-10-8-19(9-11-20)13-15-5-3-4-7-18(15)2/h6,12,15H,3-5,7-11,13H2,1-2H3/t15-/m0/s1. The number of likely N-dealkylation sites (tertiary alicyclic amines) is 1. The van der Waals surface area contributed by atoms with Crippen molar-refractivity contribution in [3.05, 3.63) is 21.9 Å². The Balaban J connectivity index is 1.50. The fraction of sp³-hybridized carbons (Fsp3) is 0.706. The van der Waals surface area contributed by atoms with Crippen LogP contribution in [0, 0.1) is 6.92 Å². The predicted octanol–water partition coefficient (Wildman–Crippen LogP) is 2.30. The van der Waals surface area contributed by atoms with Gasteiger partial charge in [0.25, 0.3) is 5.91 Å². The smallest absolute Gasteiger partial charge is 0.264 e. The number of hydrogen-bond acceptors (Lipinski definition) is 4. The van der Waals surface area contributed by atoms with E-state index in [2.05, 4.69) is 16.8 Å². The molecule has 5 heteroatoms. The number of hydrogen-bond donors (Lipinski definition) is 0. The fourth-order valence-corrected chi connectivity index (χ4v) is 4.43. The van der Waals surface area contributed by atoms with E-state index in [-0.39, 0.29) is 5.91 Å². The molecule has 122 valence electrons. The minimum atomic E-state index is 0.224. The first-order valence-electron chi connectivity index (χ1n) is 8.41. The van der Waals surface area contributed by atoms with Gasteiger partial charge in [0.05, 0.1) is 4.88 Å². The van der Waals surface area contributed by atoms with E-state index in [0.717, 1.165) is 43.2 Å². The summed E-state index contributed by atoms with van der Waals surface area (Å²) >= 11 is 1.57. The minimum absolute atomic E-state index is 0.224. The maximum Gasteiger partial charge on any atom is 0.264 e. The molecule has 0 saturated carbocycles. The highest BCUT2D eigenvalue weighted by Crippen LogP contribution is 2.20. The third kappa shape index (κ3) is 3.53. The fourth-order valence-electron chi connectivity index (χ4n) is 3.54. The monoisotopic (exact) mass is 321 g/mol. The van der Waals surface area contributed by atoms with Crippen LogP contribution < -0.4 is 0 Å². The number of thiophene rings is 1. The maximum atomic E-state index is 12.5. The molecule has 0 spiro atoms. The van der Waals surface area contributed by atoms with Crippen LogP contribution in [0.2, 0.25) is 0 Å². The van der Waals surface area contributed by atoms with Crippen molar-refractivity contribution in [2.45, 2.75) is 32.2 Å². The molecule has 2 aliphatic heterocycles. The molecular formula is C17H27N3OS. The Kier molecular flexibility index (Phi) is 5.16. The molecule has 0 unspecified atom stereocenters. The molecule has 2 aliphatic rings. The molecule has 3 heterocycles. The summed E-state index contributed by atoms with van der Waals surface area (Å²) < 4.78 is 0. The van der Waals surface area contributed by atoms with Crippen LogP contribution in [0.4, 0.5) is 0 Å². The third-order valence-corrected chi connectivity index (χ3v) is 6.11. The number of nitrogens with zero attached hydrogens (tertiary/aromatic N) is 3. The molecule has 1 atom stereocenters. The van der Waals surface area contributed by atoms with Crippen molar-refractivity contribution in [3.63, 3.8) is 0 Å². The van der Waals surface area contributed by atoms with Crippen molar-refractivity contribution in [1.29, 1.82) is 0 Å². The van der Waals surface area contributed by atoms with E-state index >= 15 is 0 Å². The quantitative estimate of drug-likeness (QED) is 0.855. The van der Waals surface area contributed by atoms with Crippen LogP contribution in [0.1, 0.15) is 34.5 Å². The Morgan fingerprint density at radius 2 is 2.00 bits per heavy atom. The lowest BCUT2D eigenvalue weighted by Crippen LogP contribution is -2.53. The summed E-state index contributed by atoms with van der Waals surface area (Å²) in [6.07, 6.45) is 4.03. The van der Waals surface area contributed by atoms with Crippen LogP contribution in [0.15, 0.2) is 11.4 Å². The molecule has 1 aromatic rings. The Hall–Kier alpha value is -0.910. The lowest BCUT2D eigenvalue weighted by Gasteiger charge is -2.40. The van der Waals surface area contributed by atoms with Crippen LogP contribution in [0.25, 0.3) is 0 Å². The maximum absolute atomic E-state index is 12.5. The molecule has 0 radical (unpaired) electrons. The third-order valence-electron chi connectivity index (χ3n) is 5.11. The molecule has 4 nitrogen and oxygen atoms in total. The molecule has 0 bridgehead atoms. The number of likely N-dealkylation sites (N-methyl/N-ethyl adjacent to an activating group) is 1. The molecular weight excluding hydrogens is 294 g/mol. The molecule has 0 aromatic carbocycles. The van der Waals surface area contributed by atoms with Gasteiger partial charge in [-0.2, -0.15) is 0 Å². The summed E-state index contributed by atoms with van der Waals surface area (Å²) in [5, 5.41) is 2.01. The topological polar surface area (TPSA) is 26.8 Å². The largest absolute Gasteiger partial charge is 0.335 e. The van der Waals surface area contributed by atoms with Crippen molar-refractivity contribution in [2.24, 2.45) is 0 Å². The van der Waals surface area contributed by atoms with Crippen LogP contribution in [-0.4, -0.2) is 73.0 Å². The van der Waals surface area contributed by atoms with Crippen molar-refractivity contribution in [1.82, 2.24) is 14.7 Å². The summed E-state index contributed by atoms with van der Waals surface area (Å²) in [5.41, 5.74) is 1.11. The summed E-state index contributed by atoms with van der Waals surface area (Å²) in [7, 11) is 2.25. The van der Waals surface area contributed by atoms with E-state index in [1.54, 1.807) is 11.3 Å². The van der Waals surface area contributed by atoms with Gasteiger partial charge in [0.1, 0.15) is 0 Å². The molecule has 2 fully saturated rings. The van der Waals surface area contributed by atoms with E-state index < -0.39 is 0 Å². The lowest BCUT2D eigenvalue weighted by atomic mass is 10.0. The van der Waals surface area contributed by atoms with Crippen molar-refractivity contribution >= 4 is 17.2 Å². The first-order valence-corrected chi connectivity index (χ1v) is 9.29.